The van der Waals surface area contributed by atoms with Gasteiger partial charge in [0, 0.05) is 6.21 Å². The average molecular weight is 252 g/mol. The van der Waals surface area contributed by atoms with Crippen molar-refractivity contribution in [1.82, 2.24) is 0 Å². The maximum Gasteiger partial charge on any atom is 0.397 e. The highest BCUT2D eigenvalue weighted by atomic mass is 16.7. The summed E-state index contributed by atoms with van der Waals surface area (Å²) >= 11 is 0. The minimum absolute atomic E-state index is 0.151. The van der Waals surface area contributed by atoms with Gasteiger partial charge < -0.3 is 9.47 Å². The van der Waals surface area contributed by atoms with Gasteiger partial charge in [0.15, 0.2) is 6.17 Å². The number of aliphatic imine (C=N–C) groups is 2. The number of rotatable bonds is 3. The third kappa shape index (κ3) is 3.42. The van der Waals surface area contributed by atoms with Crippen molar-refractivity contribution >= 4 is 12.3 Å². The molecule has 0 saturated heterocycles. The molecule has 1 atom stereocenters. The number of hydrogen-bond acceptors (Lipinski definition) is 4. The maximum absolute atomic E-state index is 5.62. The number of nitrogens with zero attached hydrogens (tertiary/aromatic N) is 2. The monoisotopic (exact) mass is 252 g/mol. The van der Waals surface area contributed by atoms with Crippen molar-refractivity contribution < 1.29 is 9.47 Å². The molecule has 0 bridgehead atoms. The van der Waals surface area contributed by atoms with Crippen molar-refractivity contribution in [1.29, 1.82) is 0 Å². The van der Waals surface area contributed by atoms with Crippen LogP contribution in [0.5, 0.6) is 11.5 Å². The molecule has 0 aliphatic carbocycles. The van der Waals surface area contributed by atoms with E-state index in [1.807, 2.05) is 60.7 Å². The molecule has 1 heterocycles. The van der Waals surface area contributed by atoms with Crippen molar-refractivity contribution in [2.75, 3.05) is 0 Å². The first-order valence-corrected chi connectivity index (χ1v) is 5.97. The van der Waals surface area contributed by atoms with Crippen LogP contribution in [0, 0.1) is 0 Å². The van der Waals surface area contributed by atoms with Crippen LogP contribution < -0.4 is 9.47 Å². The Morgan fingerprint density at radius 1 is 0.842 bits per heavy atom. The summed E-state index contributed by atoms with van der Waals surface area (Å²) < 4.78 is 11.2. The lowest BCUT2D eigenvalue weighted by Crippen LogP contribution is -2.18. The fourth-order valence-electron chi connectivity index (χ4n) is 1.47. The first kappa shape index (κ1) is 11.5. The molecule has 0 saturated carbocycles. The van der Waals surface area contributed by atoms with Crippen molar-refractivity contribution in [3.63, 3.8) is 0 Å². The molecule has 0 amide bonds. The van der Waals surface area contributed by atoms with Crippen molar-refractivity contribution in [2.45, 2.75) is 6.17 Å². The van der Waals surface area contributed by atoms with Gasteiger partial charge in [-0.25, -0.2) is 0 Å². The fraction of sp³-hybridized carbons (Fsp3) is 0.0667. The lowest BCUT2D eigenvalue weighted by molar-refractivity contribution is 0.381. The van der Waals surface area contributed by atoms with E-state index in [1.165, 1.54) is 0 Å². The molecule has 4 nitrogen and oxygen atoms in total. The first-order chi connectivity index (χ1) is 9.40. The molecule has 1 aliphatic rings. The Morgan fingerprint density at radius 2 is 1.32 bits per heavy atom. The summed E-state index contributed by atoms with van der Waals surface area (Å²) in [7, 11) is 0. The van der Waals surface area contributed by atoms with E-state index < -0.39 is 0 Å². The highest BCUT2D eigenvalue weighted by Gasteiger charge is 2.15. The second-order valence-corrected chi connectivity index (χ2v) is 3.94. The molecule has 0 radical (unpaired) electrons. The Bertz CT molecular complexity index is 545. The minimum atomic E-state index is -0.151. The summed E-state index contributed by atoms with van der Waals surface area (Å²) in [5.41, 5.74) is 0. The molecule has 3 rings (SSSR count). The highest BCUT2D eigenvalue weighted by Crippen LogP contribution is 2.15. The third-order valence-corrected chi connectivity index (χ3v) is 2.42. The van der Waals surface area contributed by atoms with Crippen LogP contribution in [0.25, 0.3) is 0 Å². The molecule has 0 fully saturated rings. The fourth-order valence-corrected chi connectivity index (χ4v) is 1.47. The number of benzene rings is 2. The maximum atomic E-state index is 5.62. The SMILES string of the molecule is C1=NC1N=C(Oc1ccccc1)Oc1ccccc1. The molecule has 4 heteroatoms. The van der Waals surface area contributed by atoms with Crippen LogP contribution in [-0.4, -0.2) is 18.5 Å². The number of hydrogen-bond donors (Lipinski definition) is 0. The van der Waals surface area contributed by atoms with Crippen LogP contribution in [0.1, 0.15) is 0 Å². The van der Waals surface area contributed by atoms with E-state index in [2.05, 4.69) is 9.98 Å². The zero-order valence-corrected chi connectivity index (χ0v) is 10.1. The molecule has 1 aliphatic heterocycles. The van der Waals surface area contributed by atoms with Crippen LogP contribution in [0.2, 0.25) is 0 Å². The van der Waals surface area contributed by atoms with Gasteiger partial charge >= 0.3 is 6.08 Å². The van der Waals surface area contributed by atoms with E-state index in [1.54, 1.807) is 6.21 Å². The van der Waals surface area contributed by atoms with Gasteiger partial charge in [-0.05, 0) is 24.3 Å². The van der Waals surface area contributed by atoms with Gasteiger partial charge in [-0.15, -0.1) is 0 Å². The predicted molar refractivity (Wildman–Crippen MR) is 73.9 cm³/mol. The van der Waals surface area contributed by atoms with Crippen molar-refractivity contribution in [3.05, 3.63) is 60.7 Å². The molecular weight excluding hydrogens is 240 g/mol. The molecule has 1 unspecified atom stereocenters. The Balaban J connectivity index is 1.75. The van der Waals surface area contributed by atoms with Crippen LogP contribution in [0.15, 0.2) is 70.6 Å². The third-order valence-electron chi connectivity index (χ3n) is 2.42. The Hall–Kier alpha value is -2.62. The molecule has 0 spiro atoms. The van der Waals surface area contributed by atoms with E-state index in [0.717, 1.165) is 0 Å². The average Bonchev–Trinajstić information content (AvgIpc) is 3.25. The van der Waals surface area contributed by atoms with Crippen LogP contribution in [0.3, 0.4) is 0 Å². The van der Waals surface area contributed by atoms with Crippen LogP contribution in [0.4, 0.5) is 0 Å². The van der Waals surface area contributed by atoms with Crippen LogP contribution >= 0.6 is 0 Å². The topological polar surface area (TPSA) is 43.2 Å². The Labute approximate surface area is 111 Å². The standard InChI is InChI=1S/C15H12N2O2/c1-3-7-12(8-4-1)18-15(17-14-11-16-14)19-13-9-5-2-6-10-13/h1-11,14H. The van der Waals surface area contributed by atoms with E-state index in [4.69, 9.17) is 9.47 Å². The second-order valence-electron chi connectivity index (χ2n) is 3.94. The molecular formula is C15H12N2O2. The molecule has 2 aromatic rings. The van der Waals surface area contributed by atoms with E-state index in [-0.39, 0.29) is 12.2 Å². The summed E-state index contributed by atoms with van der Waals surface area (Å²) in [6, 6.07) is 18.8. The largest absolute Gasteiger partial charge is 0.411 e. The minimum Gasteiger partial charge on any atom is -0.411 e. The summed E-state index contributed by atoms with van der Waals surface area (Å²) in [5.74, 6) is 1.36. The van der Waals surface area contributed by atoms with E-state index in [9.17, 15) is 0 Å². The predicted octanol–water partition coefficient (Wildman–Crippen LogP) is 2.91. The van der Waals surface area contributed by atoms with Gasteiger partial charge in [-0.1, -0.05) is 36.4 Å². The van der Waals surface area contributed by atoms with E-state index >= 15 is 0 Å². The molecule has 2 aromatic carbocycles. The summed E-state index contributed by atoms with van der Waals surface area (Å²) in [5, 5.41) is 0. The normalized spacial score (nSPS) is 15.7. The summed E-state index contributed by atoms with van der Waals surface area (Å²) in [4.78, 5) is 8.18. The van der Waals surface area contributed by atoms with Gasteiger partial charge in [0.2, 0.25) is 0 Å². The van der Waals surface area contributed by atoms with Crippen LogP contribution in [-0.2, 0) is 0 Å². The van der Waals surface area contributed by atoms with Gasteiger partial charge in [0.25, 0.3) is 0 Å². The molecule has 19 heavy (non-hydrogen) atoms. The highest BCUT2D eigenvalue weighted by molar-refractivity contribution is 5.82. The zero-order chi connectivity index (χ0) is 12.9. The summed E-state index contributed by atoms with van der Waals surface area (Å²) in [6.45, 7) is 0. The Morgan fingerprint density at radius 3 is 1.74 bits per heavy atom. The smallest absolute Gasteiger partial charge is 0.397 e. The van der Waals surface area contributed by atoms with E-state index in [0.29, 0.717) is 11.5 Å². The first-order valence-electron chi connectivity index (χ1n) is 5.97. The van der Waals surface area contributed by atoms with Gasteiger partial charge in [-0.3, -0.25) is 4.99 Å². The Kier molecular flexibility index (Phi) is 3.23. The van der Waals surface area contributed by atoms with Gasteiger partial charge in [0.1, 0.15) is 11.5 Å². The number of ether oxygens (including phenoxy) is 2. The second kappa shape index (κ2) is 5.35. The van der Waals surface area contributed by atoms with Gasteiger partial charge in [-0.2, -0.15) is 4.99 Å². The number of para-hydroxylation sites is 2. The lowest BCUT2D eigenvalue weighted by Gasteiger charge is -2.09. The molecule has 94 valence electrons. The van der Waals surface area contributed by atoms with Crippen molar-refractivity contribution in [3.8, 4) is 11.5 Å². The molecule has 0 aromatic heterocycles. The molecule has 0 N–H and O–H groups in total. The lowest BCUT2D eigenvalue weighted by atomic mass is 10.3. The summed E-state index contributed by atoms with van der Waals surface area (Å²) in [6.07, 6.45) is 1.77. The quantitative estimate of drug-likeness (QED) is 0.622. The van der Waals surface area contributed by atoms with Gasteiger partial charge in [0.05, 0.1) is 0 Å². The zero-order valence-electron chi connectivity index (χ0n) is 10.1. The van der Waals surface area contributed by atoms with Crippen molar-refractivity contribution in [2.24, 2.45) is 9.98 Å².